The molecule has 0 saturated carbocycles. The SMILES string of the molecule is C=C(C)[C@@H]1CCC(C)=C[C@H]1c1c(O)cc(C(C)(C)CCCCCC)cc1OCN(C(=O)OC)c1ccccc1. The van der Waals surface area contributed by atoms with Gasteiger partial charge in [0.25, 0.3) is 0 Å². The Kier molecular flexibility index (Phi) is 10.7. The summed E-state index contributed by atoms with van der Waals surface area (Å²) in [7, 11) is 1.37. The molecule has 0 aliphatic heterocycles. The monoisotopic (exact) mass is 533 g/mol. The van der Waals surface area contributed by atoms with Crippen LogP contribution >= 0.6 is 0 Å². The first kappa shape index (κ1) is 30.3. The maximum Gasteiger partial charge on any atom is 0.416 e. The number of anilines is 1. The van der Waals surface area contributed by atoms with Crippen molar-refractivity contribution >= 4 is 11.8 Å². The summed E-state index contributed by atoms with van der Waals surface area (Å²) >= 11 is 0. The fourth-order valence-electron chi connectivity index (χ4n) is 5.59. The van der Waals surface area contributed by atoms with Crippen LogP contribution in [-0.4, -0.2) is 25.0 Å². The van der Waals surface area contributed by atoms with E-state index in [-0.39, 0.29) is 29.7 Å². The predicted molar refractivity (Wildman–Crippen MR) is 161 cm³/mol. The lowest BCUT2D eigenvalue weighted by Crippen LogP contribution is -2.34. The van der Waals surface area contributed by atoms with Crippen molar-refractivity contribution in [2.24, 2.45) is 5.92 Å². The van der Waals surface area contributed by atoms with Gasteiger partial charge in [-0.3, -0.25) is 0 Å². The highest BCUT2D eigenvalue weighted by Crippen LogP contribution is 2.48. The van der Waals surface area contributed by atoms with E-state index in [0.29, 0.717) is 11.4 Å². The van der Waals surface area contributed by atoms with Gasteiger partial charge in [0.2, 0.25) is 0 Å². The van der Waals surface area contributed by atoms with Crippen LogP contribution in [0.25, 0.3) is 0 Å². The van der Waals surface area contributed by atoms with E-state index in [2.05, 4.69) is 53.3 Å². The van der Waals surface area contributed by atoms with Crippen molar-refractivity contribution in [3.05, 3.63) is 77.4 Å². The average Bonchev–Trinajstić information content (AvgIpc) is 2.91. The van der Waals surface area contributed by atoms with Gasteiger partial charge in [0.05, 0.1) is 12.8 Å². The van der Waals surface area contributed by atoms with Crippen LogP contribution in [0.15, 0.2) is 66.3 Å². The third-order valence-corrected chi connectivity index (χ3v) is 8.08. The largest absolute Gasteiger partial charge is 0.507 e. The number of unbranched alkanes of at least 4 members (excludes halogenated alkanes) is 3. The number of nitrogens with zero attached hydrogens (tertiary/aromatic N) is 1. The molecule has 39 heavy (non-hydrogen) atoms. The van der Waals surface area contributed by atoms with E-state index in [1.54, 1.807) is 0 Å². The second kappa shape index (κ2) is 13.7. The number of phenolic OH excluding ortho intramolecular Hbond substituents is 1. The number of carbonyl (C=O) groups excluding carboxylic acids is 1. The van der Waals surface area contributed by atoms with Crippen molar-refractivity contribution in [1.29, 1.82) is 0 Å². The molecular formula is C34H47NO4. The molecule has 0 spiro atoms. The third-order valence-electron chi connectivity index (χ3n) is 8.08. The zero-order chi connectivity index (χ0) is 28.6. The van der Waals surface area contributed by atoms with Gasteiger partial charge in [0.1, 0.15) is 11.5 Å². The van der Waals surface area contributed by atoms with Crippen LogP contribution in [0.5, 0.6) is 11.5 Å². The lowest BCUT2D eigenvalue weighted by molar-refractivity contribution is 0.170. The van der Waals surface area contributed by atoms with Crippen molar-refractivity contribution in [3.63, 3.8) is 0 Å². The summed E-state index contributed by atoms with van der Waals surface area (Å²) in [6.07, 6.45) is 9.50. The highest BCUT2D eigenvalue weighted by atomic mass is 16.6. The Morgan fingerprint density at radius 1 is 1.15 bits per heavy atom. The molecule has 1 amide bonds. The fraction of sp³-hybridized carbons (Fsp3) is 0.500. The van der Waals surface area contributed by atoms with Gasteiger partial charge in [-0.05, 0) is 74.3 Å². The van der Waals surface area contributed by atoms with E-state index in [1.807, 2.05) is 36.4 Å². The second-order valence-corrected chi connectivity index (χ2v) is 11.6. The fourth-order valence-corrected chi connectivity index (χ4v) is 5.59. The lowest BCUT2D eigenvalue weighted by Gasteiger charge is -2.34. The normalized spacial score (nSPS) is 17.3. The van der Waals surface area contributed by atoms with Gasteiger partial charge in [0.15, 0.2) is 6.73 Å². The van der Waals surface area contributed by atoms with Crippen LogP contribution in [0.1, 0.15) is 96.6 Å². The molecule has 0 bridgehead atoms. The van der Waals surface area contributed by atoms with Crippen LogP contribution in [0, 0.1) is 5.92 Å². The molecule has 0 aromatic heterocycles. The number of amides is 1. The Labute approximate surface area is 235 Å². The van der Waals surface area contributed by atoms with Crippen LogP contribution in [0.4, 0.5) is 10.5 Å². The third kappa shape index (κ3) is 7.68. The van der Waals surface area contributed by atoms with E-state index >= 15 is 0 Å². The summed E-state index contributed by atoms with van der Waals surface area (Å²) in [4.78, 5) is 14.2. The lowest BCUT2D eigenvalue weighted by atomic mass is 9.72. The van der Waals surface area contributed by atoms with Crippen molar-refractivity contribution in [3.8, 4) is 11.5 Å². The standard InChI is InChI=1S/C34H47NO4/c1-8-9-10-14-19-34(5,6)26-21-30(36)32(29-20-25(4)17-18-28(29)24(2)3)31(22-26)39-23-35(33(37)38-7)27-15-12-11-13-16-27/h11-13,15-16,20-22,28-29,36H,2,8-10,14,17-19,23H2,1,3-7H3/t28-,29+/m0/s1. The summed E-state index contributed by atoms with van der Waals surface area (Å²) in [5.41, 5.74) is 4.71. The number of hydrogen-bond acceptors (Lipinski definition) is 4. The molecule has 2 aromatic rings. The zero-order valence-corrected chi connectivity index (χ0v) is 24.8. The Morgan fingerprint density at radius 3 is 2.51 bits per heavy atom. The van der Waals surface area contributed by atoms with Crippen LogP contribution in [0.2, 0.25) is 0 Å². The van der Waals surface area contributed by atoms with Gasteiger partial charge in [-0.15, -0.1) is 0 Å². The molecule has 1 aliphatic rings. The Bertz CT molecular complexity index is 1150. The van der Waals surface area contributed by atoms with E-state index < -0.39 is 6.09 Å². The van der Waals surface area contributed by atoms with Gasteiger partial charge in [-0.25, -0.2) is 9.69 Å². The van der Waals surface area contributed by atoms with Crippen molar-refractivity contribution < 1.29 is 19.4 Å². The molecule has 0 saturated heterocycles. The minimum atomic E-state index is -0.507. The topological polar surface area (TPSA) is 59.0 Å². The summed E-state index contributed by atoms with van der Waals surface area (Å²) in [5.74, 6) is 0.964. The number of benzene rings is 2. The average molecular weight is 534 g/mol. The molecule has 1 aliphatic carbocycles. The minimum absolute atomic E-state index is 0.0450. The Morgan fingerprint density at radius 2 is 1.87 bits per heavy atom. The van der Waals surface area contributed by atoms with Gasteiger partial charge < -0.3 is 14.6 Å². The van der Waals surface area contributed by atoms with E-state index in [0.717, 1.165) is 42.4 Å². The molecule has 2 atom stereocenters. The molecule has 0 heterocycles. The molecule has 0 fully saturated rings. The van der Waals surface area contributed by atoms with Crippen molar-refractivity contribution in [2.75, 3.05) is 18.7 Å². The molecule has 3 rings (SSSR count). The highest BCUT2D eigenvalue weighted by Gasteiger charge is 2.33. The molecule has 5 nitrogen and oxygen atoms in total. The van der Waals surface area contributed by atoms with Gasteiger partial charge in [0, 0.05) is 11.5 Å². The molecule has 5 heteroatoms. The zero-order valence-electron chi connectivity index (χ0n) is 24.8. The maximum atomic E-state index is 12.7. The number of phenols is 1. The van der Waals surface area contributed by atoms with Crippen LogP contribution in [0.3, 0.4) is 0 Å². The van der Waals surface area contributed by atoms with Gasteiger partial charge >= 0.3 is 6.09 Å². The summed E-state index contributed by atoms with van der Waals surface area (Å²) in [6, 6.07) is 13.3. The van der Waals surface area contributed by atoms with Crippen LogP contribution in [-0.2, 0) is 10.2 Å². The number of rotatable bonds is 12. The molecule has 212 valence electrons. The first-order chi connectivity index (χ1) is 18.6. The Balaban J connectivity index is 2.06. The predicted octanol–water partition coefficient (Wildman–Crippen LogP) is 9.27. The molecular weight excluding hydrogens is 486 g/mol. The highest BCUT2D eigenvalue weighted by molar-refractivity contribution is 5.87. The maximum absolute atomic E-state index is 12.7. The number of allylic oxidation sites excluding steroid dienone is 3. The van der Waals surface area contributed by atoms with E-state index in [4.69, 9.17) is 9.47 Å². The number of aromatic hydroxyl groups is 1. The summed E-state index contributed by atoms with van der Waals surface area (Å²) in [6.45, 7) is 15.1. The molecule has 1 N–H and O–H groups in total. The number of carbonyl (C=O) groups is 1. The quantitative estimate of drug-likeness (QED) is 0.168. The van der Waals surface area contributed by atoms with Crippen LogP contribution < -0.4 is 9.64 Å². The second-order valence-electron chi connectivity index (χ2n) is 11.6. The smallest absolute Gasteiger partial charge is 0.416 e. The van der Waals surface area contributed by atoms with Crippen molar-refractivity contribution in [2.45, 2.75) is 90.9 Å². The molecule has 2 aromatic carbocycles. The number of methoxy groups -OCH3 is 1. The van der Waals surface area contributed by atoms with E-state index in [1.165, 1.54) is 36.8 Å². The van der Waals surface area contributed by atoms with E-state index in [9.17, 15) is 9.90 Å². The minimum Gasteiger partial charge on any atom is -0.507 e. The summed E-state index contributed by atoms with van der Waals surface area (Å²) < 4.78 is 11.5. The number of hydrogen-bond donors (Lipinski definition) is 1. The molecule has 0 radical (unpaired) electrons. The van der Waals surface area contributed by atoms with Crippen molar-refractivity contribution in [1.82, 2.24) is 0 Å². The first-order valence-corrected chi connectivity index (χ1v) is 14.3. The number of para-hydroxylation sites is 1. The van der Waals surface area contributed by atoms with Gasteiger partial charge in [-0.2, -0.15) is 0 Å². The van der Waals surface area contributed by atoms with Gasteiger partial charge in [-0.1, -0.05) is 88.5 Å². The molecule has 0 unspecified atom stereocenters. The Hall–Kier alpha value is -3.21. The summed E-state index contributed by atoms with van der Waals surface area (Å²) in [5, 5.41) is 11.6. The first-order valence-electron chi connectivity index (χ1n) is 14.3. The number of ether oxygens (including phenoxy) is 2.